The fourth-order valence-electron chi connectivity index (χ4n) is 4.43. The van der Waals surface area contributed by atoms with Crippen LogP contribution in [0.15, 0.2) is 0 Å². The fraction of sp³-hybridized carbons (Fsp3) is 0.929. The Hall–Kier alpha value is -0.530. The molecule has 16 heavy (non-hydrogen) atoms. The third-order valence-electron chi connectivity index (χ3n) is 5.62. The molecule has 0 aromatic rings. The van der Waals surface area contributed by atoms with Gasteiger partial charge in [-0.1, -0.05) is 20.3 Å². The molecule has 0 amide bonds. The number of hydrogen-bond donors (Lipinski definition) is 0. The Morgan fingerprint density at radius 1 is 1.19 bits per heavy atom. The molecule has 2 heteroatoms. The van der Waals surface area contributed by atoms with Crippen LogP contribution in [-0.2, 0) is 9.53 Å². The van der Waals surface area contributed by atoms with E-state index in [2.05, 4.69) is 20.8 Å². The summed E-state index contributed by atoms with van der Waals surface area (Å²) < 4.78 is 5.96. The van der Waals surface area contributed by atoms with E-state index in [9.17, 15) is 4.79 Å². The predicted molar refractivity (Wildman–Crippen MR) is 61.9 cm³/mol. The Labute approximate surface area is 97.7 Å². The van der Waals surface area contributed by atoms with Gasteiger partial charge >= 0.3 is 5.97 Å². The second-order valence-corrected chi connectivity index (χ2v) is 7.03. The van der Waals surface area contributed by atoms with Gasteiger partial charge in [0.15, 0.2) is 0 Å². The van der Waals surface area contributed by atoms with E-state index in [1.807, 2.05) is 0 Å². The molecule has 1 aliphatic heterocycles. The molecule has 0 radical (unpaired) electrons. The summed E-state index contributed by atoms with van der Waals surface area (Å²) in [5.74, 6) is 0.695. The molecule has 0 aromatic heterocycles. The predicted octanol–water partition coefficient (Wildman–Crippen LogP) is 3.30. The van der Waals surface area contributed by atoms with Crippen molar-refractivity contribution in [2.24, 2.45) is 16.7 Å². The highest BCUT2D eigenvalue weighted by molar-refractivity contribution is 5.80. The van der Waals surface area contributed by atoms with Gasteiger partial charge in [-0.2, -0.15) is 0 Å². The zero-order valence-electron chi connectivity index (χ0n) is 10.6. The molecule has 90 valence electrons. The van der Waals surface area contributed by atoms with Gasteiger partial charge in [-0.3, -0.25) is 4.79 Å². The lowest BCUT2D eigenvalue weighted by molar-refractivity contribution is -0.176. The first-order chi connectivity index (χ1) is 7.40. The van der Waals surface area contributed by atoms with Crippen LogP contribution in [0, 0.1) is 16.7 Å². The van der Waals surface area contributed by atoms with Gasteiger partial charge in [0.05, 0.1) is 5.41 Å². The van der Waals surface area contributed by atoms with E-state index in [0.717, 1.165) is 12.8 Å². The van der Waals surface area contributed by atoms with Crippen LogP contribution in [0.4, 0.5) is 0 Å². The lowest BCUT2D eigenvalue weighted by Crippen LogP contribution is -2.55. The van der Waals surface area contributed by atoms with E-state index < -0.39 is 0 Å². The zero-order valence-corrected chi connectivity index (χ0v) is 10.6. The monoisotopic (exact) mass is 222 g/mol. The topological polar surface area (TPSA) is 26.3 Å². The highest BCUT2D eigenvalue weighted by Crippen LogP contribution is 2.63. The van der Waals surface area contributed by atoms with Crippen molar-refractivity contribution in [2.75, 3.05) is 0 Å². The Morgan fingerprint density at radius 3 is 2.69 bits per heavy atom. The summed E-state index contributed by atoms with van der Waals surface area (Å²) in [6.07, 6.45) is 6.95. The van der Waals surface area contributed by atoms with Crippen LogP contribution in [0.2, 0.25) is 0 Å². The van der Waals surface area contributed by atoms with E-state index in [4.69, 9.17) is 4.74 Å². The average molecular weight is 222 g/mol. The fourth-order valence-corrected chi connectivity index (χ4v) is 4.43. The lowest BCUT2D eigenvalue weighted by Gasteiger charge is -2.53. The Bertz CT molecular complexity index is 347. The van der Waals surface area contributed by atoms with Gasteiger partial charge < -0.3 is 4.74 Å². The van der Waals surface area contributed by atoms with Gasteiger partial charge in [0.2, 0.25) is 0 Å². The molecule has 2 nitrogen and oxygen atoms in total. The molecule has 0 aromatic carbocycles. The summed E-state index contributed by atoms with van der Waals surface area (Å²) in [4.78, 5) is 12.1. The molecule has 3 fully saturated rings. The Kier molecular flexibility index (Phi) is 1.88. The first-order valence-electron chi connectivity index (χ1n) is 6.63. The van der Waals surface area contributed by atoms with Crippen LogP contribution in [0.3, 0.4) is 0 Å². The van der Waals surface area contributed by atoms with Crippen molar-refractivity contribution >= 4 is 5.97 Å². The number of ether oxygens (including phenoxy) is 1. The molecule has 1 heterocycles. The number of esters is 1. The minimum atomic E-state index is -0.175. The molecule has 3 aliphatic rings. The minimum absolute atomic E-state index is 0.0741. The van der Waals surface area contributed by atoms with Crippen LogP contribution in [0.5, 0.6) is 0 Å². The number of rotatable bonds is 0. The highest BCUT2D eigenvalue weighted by Gasteiger charge is 2.66. The van der Waals surface area contributed by atoms with Crippen molar-refractivity contribution in [3.63, 3.8) is 0 Å². The third-order valence-corrected chi connectivity index (χ3v) is 5.62. The third kappa shape index (κ3) is 1.06. The summed E-state index contributed by atoms with van der Waals surface area (Å²) in [7, 11) is 0. The summed E-state index contributed by atoms with van der Waals surface area (Å²) >= 11 is 0. The molecule has 0 unspecified atom stereocenters. The SMILES string of the molecule is CC1(C)CCC[C@@H]2CC[C@@]3(C)C[C@]21OC3=O. The summed E-state index contributed by atoms with van der Waals surface area (Å²) in [5.41, 5.74) is -0.135. The van der Waals surface area contributed by atoms with Crippen molar-refractivity contribution in [3.05, 3.63) is 0 Å². The van der Waals surface area contributed by atoms with Crippen molar-refractivity contribution in [1.82, 2.24) is 0 Å². The highest BCUT2D eigenvalue weighted by atomic mass is 16.6. The molecular formula is C14H22O2. The van der Waals surface area contributed by atoms with Gasteiger partial charge in [0.25, 0.3) is 0 Å². The Morgan fingerprint density at radius 2 is 1.94 bits per heavy atom. The van der Waals surface area contributed by atoms with Gasteiger partial charge in [0.1, 0.15) is 5.60 Å². The van der Waals surface area contributed by atoms with E-state index in [0.29, 0.717) is 5.92 Å². The second kappa shape index (κ2) is 2.83. The molecule has 2 saturated carbocycles. The van der Waals surface area contributed by atoms with Crippen LogP contribution >= 0.6 is 0 Å². The smallest absolute Gasteiger partial charge is 0.312 e. The van der Waals surface area contributed by atoms with Gasteiger partial charge in [0, 0.05) is 11.8 Å². The molecule has 1 saturated heterocycles. The van der Waals surface area contributed by atoms with Crippen molar-refractivity contribution in [3.8, 4) is 0 Å². The quantitative estimate of drug-likeness (QED) is 0.588. The zero-order chi connectivity index (χ0) is 11.6. The van der Waals surface area contributed by atoms with Gasteiger partial charge in [-0.05, 0) is 38.5 Å². The number of carbonyl (C=O) groups is 1. The maximum atomic E-state index is 12.1. The molecule has 3 atom stereocenters. The largest absolute Gasteiger partial charge is 0.458 e. The van der Waals surface area contributed by atoms with Crippen molar-refractivity contribution in [2.45, 2.75) is 64.9 Å². The van der Waals surface area contributed by atoms with E-state index in [-0.39, 0.29) is 22.4 Å². The first kappa shape index (κ1) is 10.6. The van der Waals surface area contributed by atoms with Gasteiger partial charge in [-0.15, -0.1) is 0 Å². The minimum Gasteiger partial charge on any atom is -0.458 e. The standard InChI is InChI=1S/C14H22O2/c1-12(2)7-4-5-10-6-8-13(3)9-14(10,12)16-11(13)15/h10H,4-9H2,1-3H3/t10-,13+,14+/m1/s1. The molecule has 1 spiro atoms. The van der Waals surface area contributed by atoms with Crippen LogP contribution in [0.1, 0.15) is 59.3 Å². The lowest BCUT2D eigenvalue weighted by atomic mass is 9.52. The van der Waals surface area contributed by atoms with E-state index in [1.54, 1.807) is 0 Å². The summed E-state index contributed by atoms with van der Waals surface area (Å²) in [6.45, 7) is 6.69. The second-order valence-electron chi connectivity index (χ2n) is 7.03. The molecule has 2 bridgehead atoms. The van der Waals surface area contributed by atoms with Crippen LogP contribution < -0.4 is 0 Å². The van der Waals surface area contributed by atoms with Gasteiger partial charge in [-0.25, -0.2) is 0 Å². The first-order valence-corrected chi connectivity index (χ1v) is 6.63. The maximum absolute atomic E-state index is 12.1. The van der Waals surface area contributed by atoms with Crippen LogP contribution in [0.25, 0.3) is 0 Å². The maximum Gasteiger partial charge on any atom is 0.312 e. The van der Waals surface area contributed by atoms with E-state index >= 15 is 0 Å². The van der Waals surface area contributed by atoms with Crippen LogP contribution in [-0.4, -0.2) is 11.6 Å². The summed E-state index contributed by atoms with van der Waals surface area (Å²) in [5, 5.41) is 0. The van der Waals surface area contributed by atoms with Crippen molar-refractivity contribution in [1.29, 1.82) is 0 Å². The summed E-state index contributed by atoms with van der Waals surface area (Å²) in [6, 6.07) is 0. The molecule has 0 N–H and O–H groups in total. The molecule has 3 rings (SSSR count). The molecule has 2 aliphatic carbocycles. The average Bonchev–Trinajstić information content (AvgIpc) is 2.39. The Balaban J connectivity index is 2.06. The van der Waals surface area contributed by atoms with Crippen molar-refractivity contribution < 1.29 is 9.53 Å². The normalized spacial score (nSPS) is 49.7. The number of hydrogen-bond acceptors (Lipinski definition) is 2. The number of fused-ring (bicyclic) bond motifs is 1. The number of carbonyl (C=O) groups excluding carboxylic acids is 1. The molecular weight excluding hydrogens is 200 g/mol. The van der Waals surface area contributed by atoms with E-state index in [1.165, 1.54) is 25.7 Å².